The number of nitrogens with one attached hydrogen (secondary N) is 1. The van der Waals surface area contributed by atoms with E-state index in [1.165, 1.54) is 37.8 Å². The zero-order valence-corrected chi connectivity index (χ0v) is 26.1. The van der Waals surface area contributed by atoms with Crippen molar-refractivity contribution in [1.29, 1.82) is 0 Å². The first-order valence-corrected chi connectivity index (χ1v) is 14.6. The van der Waals surface area contributed by atoms with E-state index in [1.54, 1.807) is 6.92 Å². The van der Waals surface area contributed by atoms with E-state index < -0.39 is 17.6 Å². The number of carbonyl (C=O) groups is 2. The van der Waals surface area contributed by atoms with Crippen LogP contribution in [0.1, 0.15) is 75.7 Å². The van der Waals surface area contributed by atoms with Gasteiger partial charge in [0.2, 0.25) is 6.41 Å². The van der Waals surface area contributed by atoms with Crippen molar-refractivity contribution in [2.24, 2.45) is 10.9 Å². The summed E-state index contributed by atoms with van der Waals surface area (Å²) in [5.41, 5.74) is 3.37. The molecule has 2 unspecified atom stereocenters. The highest BCUT2D eigenvalue weighted by atomic mass is 19.4. The molecule has 43 heavy (non-hydrogen) atoms. The third-order valence-electron chi connectivity index (χ3n) is 6.24. The Morgan fingerprint density at radius 1 is 1.19 bits per heavy atom. The van der Waals surface area contributed by atoms with E-state index in [0.29, 0.717) is 25.3 Å². The van der Waals surface area contributed by atoms with Crippen molar-refractivity contribution in [3.63, 3.8) is 0 Å². The van der Waals surface area contributed by atoms with Crippen LogP contribution in [0, 0.1) is 0 Å². The highest BCUT2D eigenvalue weighted by Crippen LogP contribution is 2.29. The number of halogens is 3. The molecule has 9 nitrogen and oxygen atoms in total. The first-order valence-electron chi connectivity index (χ1n) is 14.6. The van der Waals surface area contributed by atoms with Crippen LogP contribution in [-0.4, -0.2) is 80.3 Å². The van der Waals surface area contributed by atoms with Crippen LogP contribution < -0.4 is 11.1 Å². The molecular formula is C31H50F3N5O4. The lowest BCUT2D eigenvalue weighted by atomic mass is 10.1. The number of rotatable bonds is 9. The standard InChI is InChI=1S/C17H29N3O2.C10H10F3NO.C3H8.CH3NO/c1-4-12-21-17-8-11-20(14-17)16-6-5-9-19(10-7-16)13-15(2)22-18-3;1-2-14-9(15)7-4-3-5-8(6-7)10(11,12)13;1-3-2;2-1-3/h4,13,16-17H,1,3,5-12,14H2,2H3;3-6H,2H2,1H3,(H,14,15);3H2,1-2H3;1H,(H2,2,3)/b15-13+;;;. The molecule has 0 aliphatic carbocycles. The summed E-state index contributed by atoms with van der Waals surface area (Å²) in [6.07, 6.45) is 6.17. The fraction of sp³-hybridized carbons (Fsp3) is 0.581. The number of primary amides is 1. The average molecular weight is 614 g/mol. The fourth-order valence-corrected chi connectivity index (χ4v) is 4.50. The number of ether oxygens (including phenoxy) is 1. The molecule has 2 aliphatic rings. The van der Waals surface area contributed by atoms with E-state index in [-0.39, 0.29) is 12.0 Å². The molecule has 2 fully saturated rings. The van der Waals surface area contributed by atoms with E-state index >= 15 is 0 Å². The highest BCUT2D eigenvalue weighted by Gasteiger charge is 2.31. The van der Waals surface area contributed by atoms with E-state index in [9.17, 15) is 18.0 Å². The van der Waals surface area contributed by atoms with Crippen LogP contribution >= 0.6 is 0 Å². The molecule has 3 N–H and O–H groups in total. The summed E-state index contributed by atoms with van der Waals surface area (Å²) in [4.78, 5) is 29.8. The summed E-state index contributed by atoms with van der Waals surface area (Å²) in [7, 11) is 0. The number of amides is 2. The SMILES string of the molecule is C=CCOC1CCN(C2CCCN(/C=C(\C)ON=C)CC2)C1.CCC.CCNC(=O)c1cccc(C(F)(F)F)c1.NC=O. The summed E-state index contributed by atoms with van der Waals surface area (Å²) >= 11 is 0. The second-order valence-electron chi connectivity index (χ2n) is 9.89. The van der Waals surface area contributed by atoms with Crippen molar-refractivity contribution in [3.8, 4) is 0 Å². The topological polar surface area (TPSA) is 109 Å². The summed E-state index contributed by atoms with van der Waals surface area (Å²) in [6.45, 7) is 20.4. The van der Waals surface area contributed by atoms with Crippen molar-refractivity contribution in [3.05, 3.63) is 60.0 Å². The molecule has 12 heteroatoms. The minimum Gasteiger partial charge on any atom is -0.375 e. The Hall–Kier alpha value is -3.38. The summed E-state index contributed by atoms with van der Waals surface area (Å²) < 4.78 is 42.6. The number of nitrogens with two attached hydrogens (primary N) is 1. The lowest BCUT2D eigenvalue weighted by molar-refractivity contribution is -0.137. The highest BCUT2D eigenvalue weighted by molar-refractivity contribution is 5.94. The average Bonchev–Trinajstić information content (AvgIpc) is 3.31. The molecule has 2 atom stereocenters. The van der Waals surface area contributed by atoms with Gasteiger partial charge < -0.3 is 25.5 Å². The molecule has 0 bridgehead atoms. The molecule has 2 aliphatic heterocycles. The van der Waals surface area contributed by atoms with Crippen LogP contribution in [0.5, 0.6) is 0 Å². The number of oxime groups is 1. The van der Waals surface area contributed by atoms with Crippen molar-refractivity contribution < 1.29 is 32.3 Å². The zero-order valence-electron chi connectivity index (χ0n) is 26.1. The number of allylic oxidation sites excluding steroid dienone is 1. The van der Waals surface area contributed by atoms with Crippen molar-refractivity contribution in [1.82, 2.24) is 15.1 Å². The predicted molar refractivity (Wildman–Crippen MR) is 165 cm³/mol. The van der Waals surface area contributed by atoms with Gasteiger partial charge in [0, 0.05) is 57.2 Å². The van der Waals surface area contributed by atoms with Gasteiger partial charge in [-0.1, -0.05) is 37.6 Å². The van der Waals surface area contributed by atoms with Crippen LogP contribution in [0.25, 0.3) is 0 Å². The van der Waals surface area contributed by atoms with Crippen LogP contribution in [0.4, 0.5) is 13.2 Å². The Morgan fingerprint density at radius 2 is 1.86 bits per heavy atom. The number of benzene rings is 1. The quantitative estimate of drug-likeness (QED) is 0.124. The first kappa shape index (κ1) is 39.6. The van der Waals surface area contributed by atoms with E-state index in [0.717, 1.165) is 50.5 Å². The van der Waals surface area contributed by atoms with Crippen LogP contribution in [0.2, 0.25) is 0 Å². The minimum absolute atomic E-state index is 0.0201. The second-order valence-corrected chi connectivity index (χ2v) is 9.89. The van der Waals surface area contributed by atoms with Crippen molar-refractivity contribution >= 4 is 19.0 Å². The van der Waals surface area contributed by atoms with Gasteiger partial charge >= 0.3 is 6.18 Å². The summed E-state index contributed by atoms with van der Waals surface area (Å²) in [5.74, 6) is 0.302. The van der Waals surface area contributed by atoms with Crippen LogP contribution in [-0.2, 0) is 20.5 Å². The van der Waals surface area contributed by atoms with E-state index in [1.807, 2.05) is 13.0 Å². The van der Waals surface area contributed by atoms with Crippen molar-refractivity contribution in [2.75, 3.05) is 39.3 Å². The lowest BCUT2D eigenvalue weighted by Gasteiger charge is -2.26. The maximum Gasteiger partial charge on any atom is 0.416 e. The molecule has 2 amide bonds. The summed E-state index contributed by atoms with van der Waals surface area (Å²) in [5, 5.41) is 5.90. The maximum atomic E-state index is 12.3. The molecule has 1 aromatic carbocycles. The van der Waals surface area contributed by atoms with Crippen molar-refractivity contribution in [2.45, 2.75) is 78.1 Å². The molecule has 0 radical (unpaired) electrons. The summed E-state index contributed by atoms with van der Waals surface area (Å²) in [6, 6.07) is 5.01. The maximum absolute atomic E-state index is 12.3. The van der Waals surface area contributed by atoms with Gasteiger partial charge in [-0.15, -0.1) is 6.58 Å². The number of hydrogen-bond acceptors (Lipinski definition) is 7. The normalized spacial score (nSPS) is 18.7. The monoisotopic (exact) mass is 613 g/mol. The number of hydrogen-bond donors (Lipinski definition) is 2. The molecule has 2 heterocycles. The number of carbonyl (C=O) groups excluding carboxylic acids is 2. The molecular weight excluding hydrogens is 563 g/mol. The van der Waals surface area contributed by atoms with Crippen LogP contribution in [0.15, 0.2) is 54.0 Å². The van der Waals surface area contributed by atoms with Gasteiger partial charge in [0.25, 0.3) is 5.91 Å². The molecule has 0 spiro atoms. The largest absolute Gasteiger partial charge is 0.416 e. The molecule has 3 rings (SSSR count). The predicted octanol–water partition coefficient (Wildman–Crippen LogP) is 5.58. The van der Waals surface area contributed by atoms with Crippen LogP contribution in [0.3, 0.4) is 0 Å². The number of likely N-dealkylation sites (tertiary alicyclic amines) is 2. The van der Waals surface area contributed by atoms with Gasteiger partial charge in [0.05, 0.1) is 18.3 Å². The minimum atomic E-state index is -4.41. The smallest absolute Gasteiger partial charge is 0.375 e. The molecule has 0 aromatic heterocycles. The molecule has 244 valence electrons. The fourth-order valence-electron chi connectivity index (χ4n) is 4.50. The van der Waals surface area contributed by atoms with Gasteiger partial charge in [-0.25, -0.2) is 0 Å². The number of alkyl halides is 3. The van der Waals surface area contributed by atoms with Gasteiger partial charge in [0.15, 0.2) is 0 Å². The Labute approximate surface area is 254 Å². The second kappa shape index (κ2) is 23.1. The lowest BCUT2D eigenvalue weighted by Crippen LogP contribution is -2.35. The van der Waals surface area contributed by atoms with Gasteiger partial charge in [-0.05, 0) is 57.7 Å². The van der Waals surface area contributed by atoms with E-state index in [4.69, 9.17) is 14.4 Å². The third kappa shape index (κ3) is 17.4. The van der Waals surface area contributed by atoms with Gasteiger partial charge in [-0.2, -0.15) is 13.2 Å². The Bertz CT molecular complexity index is 975. The molecule has 1 aromatic rings. The Balaban J connectivity index is 0.000000727. The first-order chi connectivity index (χ1) is 20.5. The Morgan fingerprint density at radius 3 is 2.44 bits per heavy atom. The number of nitrogens with zero attached hydrogens (tertiary/aromatic N) is 3. The third-order valence-corrected chi connectivity index (χ3v) is 6.24. The van der Waals surface area contributed by atoms with E-state index in [2.05, 4.69) is 59.3 Å². The van der Waals surface area contributed by atoms with Gasteiger partial charge in [0.1, 0.15) is 5.76 Å². The molecule has 2 saturated heterocycles. The zero-order chi connectivity index (χ0) is 32.7. The Kier molecular flexibility index (Phi) is 21.3. The molecule has 0 saturated carbocycles. The van der Waals surface area contributed by atoms with Gasteiger partial charge in [-0.3, -0.25) is 14.5 Å².